The fraction of sp³-hybridized carbons (Fsp3) is 0.267. The summed E-state index contributed by atoms with van der Waals surface area (Å²) in [5.74, 6) is 0.443. The molecular weight excluding hydrogens is 257 g/mol. The maximum atomic E-state index is 13.5. The van der Waals surface area contributed by atoms with Crippen LogP contribution in [0.3, 0.4) is 0 Å². The Bertz CT molecular complexity index is 785. The molecular formula is C15H12FN3O. The highest BCUT2D eigenvalue weighted by Gasteiger charge is 2.27. The summed E-state index contributed by atoms with van der Waals surface area (Å²) in [6, 6.07) is 5.92. The number of benzene rings is 1. The molecule has 3 rings (SSSR count). The monoisotopic (exact) mass is 269 g/mol. The fourth-order valence-corrected chi connectivity index (χ4v) is 2.17. The van der Waals surface area contributed by atoms with Gasteiger partial charge in [-0.05, 0) is 38.0 Å². The lowest BCUT2D eigenvalue weighted by Gasteiger charge is -2.08. The Kier molecular flexibility index (Phi) is 2.87. The number of rotatable bonds is 2. The van der Waals surface area contributed by atoms with Crippen LogP contribution in [0.1, 0.15) is 35.7 Å². The average molecular weight is 269 g/mol. The van der Waals surface area contributed by atoms with E-state index in [4.69, 9.17) is 5.26 Å². The Morgan fingerprint density at radius 3 is 2.80 bits per heavy atom. The molecule has 0 atom stereocenters. The zero-order valence-electron chi connectivity index (χ0n) is 10.9. The summed E-state index contributed by atoms with van der Waals surface area (Å²) in [5.41, 5.74) is 1.36. The van der Waals surface area contributed by atoms with Gasteiger partial charge in [0.15, 0.2) is 0 Å². The van der Waals surface area contributed by atoms with Gasteiger partial charge in [-0.15, -0.1) is 0 Å². The van der Waals surface area contributed by atoms with Crippen molar-refractivity contribution in [2.75, 3.05) is 0 Å². The Morgan fingerprint density at radius 1 is 1.40 bits per heavy atom. The summed E-state index contributed by atoms with van der Waals surface area (Å²) in [6.07, 6.45) is 2.02. The fourth-order valence-electron chi connectivity index (χ4n) is 2.17. The van der Waals surface area contributed by atoms with E-state index in [2.05, 4.69) is 9.97 Å². The van der Waals surface area contributed by atoms with Crippen molar-refractivity contribution < 1.29 is 4.39 Å². The first kappa shape index (κ1) is 12.5. The number of aromatic nitrogens is 2. The maximum absolute atomic E-state index is 13.5. The number of hydrogen-bond acceptors (Lipinski definition) is 3. The van der Waals surface area contributed by atoms with Crippen LogP contribution in [0.15, 0.2) is 23.0 Å². The summed E-state index contributed by atoms with van der Waals surface area (Å²) in [4.78, 5) is 19.2. The quantitative estimate of drug-likeness (QED) is 0.911. The Hall–Kier alpha value is -2.48. The Balaban J connectivity index is 2.21. The van der Waals surface area contributed by atoms with Crippen molar-refractivity contribution in [1.29, 1.82) is 5.26 Å². The first-order chi connectivity index (χ1) is 9.58. The molecule has 5 heteroatoms. The van der Waals surface area contributed by atoms with Crippen molar-refractivity contribution in [3.05, 3.63) is 51.3 Å². The number of hydrogen-bond donors (Lipinski definition) is 1. The molecule has 0 unspecified atom stereocenters. The molecule has 0 saturated heterocycles. The minimum absolute atomic E-state index is 0.209. The average Bonchev–Trinajstić information content (AvgIpc) is 3.25. The molecule has 4 nitrogen and oxygen atoms in total. The molecule has 1 fully saturated rings. The minimum Gasteiger partial charge on any atom is -0.310 e. The van der Waals surface area contributed by atoms with Gasteiger partial charge in [0.25, 0.3) is 5.56 Å². The van der Waals surface area contributed by atoms with Gasteiger partial charge in [-0.3, -0.25) is 4.79 Å². The molecule has 1 aromatic carbocycles. The van der Waals surface area contributed by atoms with Crippen LogP contribution in [0.25, 0.3) is 11.3 Å². The van der Waals surface area contributed by atoms with Gasteiger partial charge in [0.2, 0.25) is 0 Å². The number of halogens is 1. The third-order valence-electron chi connectivity index (χ3n) is 3.43. The van der Waals surface area contributed by atoms with Gasteiger partial charge >= 0.3 is 0 Å². The lowest BCUT2D eigenvalue weighted by Crippen LogP contribution is -2.15. The number of nitrogens with one attached hydrogen (secondary N) is 1. The van der Waals surface area contributed by atoms with Crippen LogP contribution in [0, 0.1) is 24.1 Å². The van der Waals surface area contributed by atoms with Crippen LogP contribution in [0.5, 0.6) is 0 Å². The van der Waals surface area contributed by atoms with E-state index in [1.54, 1.807) is 13.0 Å². The predicted octanol–water partition coefficient (Wildman–Crippen LogP) is 2.63. The van der Waals surface area contributed by atoms with E-state index in [0.717, 1.165) is 18.9 Å². The van der Waals surface area contributed by atoms with Crippen LogP contribution in [-0.4, -0.2) is 9.97 Å². The first-order valence-corrected chi connectivity index (χ1v) is 6.40. The van der Waals surface area contributed by atoms with E-state index < -0.39 is 5.82 Å². The number of aromatic amines is 1. The number of nitrogens with zero attached hydrogens (tertiary/aromatic N) is 2. The molecule has 0 bridgehead atoms. The van der Waals surface area contributed by atoms with E-state index in [9.17, 15) is 9.18 Å². The van der Waals surface area contributed by atoms with Crippen molar-refractivity contribution >= 4 is 0 Å². The zero-order valence-corrected chi connectivity index (χ0v) is 10.9. The molecule has 0 radical (unpaired) electrons. The Labute approximate surface area is 114 Å². The van der Waals surface area contributed by atoms with Gasteiger partial charge in [-0.25, -0.2) is 9.37 Å². The molecule has 100 valence electrons. The summed E-state index contributed by atoms with van der Waals surface area (Å²) < 4.78 is 13.5. The van der Waals surface area contributed by atoms with Crippen LogP contribution >= 0.6 is 0 Å². The van der Waals surface area contributed by atoms with Gasteiger partial charge < -0.3 is 4.98 Å². The zero-order chi connectivity index (χ0) is 14.3. The molecule has 1 N–H and O–H groups in total. The molecule has 20 heavy (non-hydrogen) atoms. The summed E-state index contributed by atoms with van der Waals surface area (Å²) in [5, 5.41) is 8.91. The van der Waals surface area contributed by atoms with Crippen molar-refractivity contribution in [1.82, 2.24) is 9.97 Å². The summed E-state index contributed by atoms with van der Waals surface area (Å²) >= 11 is 0. The second-order valence-corrected chi connectivity index (χ2v) is 5.04. The van der Waals surface area contributed by atoms with Gasteiger partial charge in [0, 0.05) is 17.0 Å². The van der Waals surface area contributed by atoms with Crippen molar-refractivity contribution in [3.8, 4) is 17.3 Å². The van der Waals surface area contributed by atoms with Crippen LogP contribution in [0.2, 0.25) is 0 Å². The molecule has 0 aliphatic heterocycles. The largest absolute Gasteiger partial charge is 0.310 e. The van der Waals surface area contributed by atoms with Gasteiger partial charge in [-0.2, -0.15) is 5.26 Å². The minimum atomic E-state index is -0.506. The third kappa shape index (κ3) is 2.21. The molecule has 1 aliphatic carbocycles. The topological polar surface area (TPSA) is 69.5 Å². The van der Waals surface area contributed by atoms with Crippen molar-refractivity contribution in [2.24, 2.45) is 0 Å². The van der Waals surface area contributed by atoms with Crippen molar-refractivity contribution in [2.45, 2.75) is 25.7 Å². The highest BCUT2D eigenvalue weighted by atomic mass is 19.1. The number of H-pyrrole nitrogens is 1. The van der Waals surface area contributed by atoms with Crippen molar-refractivity contribution in [3.63, 3.8) is 0 Å². The summed E-state index contributed by atoms with van der Waals surface area (Å²) in [7, 11) is 0. The predicted molar refractivity (Wildman–Crippen MR) is 71.7 cm³/mol. The first-order valence-electron chi connectivity index (χ1n) is 6.40. The molecule has 1 heterocycles. The van der Waals surface area contributed by atoms with Gasteiger partial charge in [0.1, 0.15) is 11.6 Å². The SMILES string of the molecule is Cc1c(-c2cc(F)cc(C#N)c2)nc(C2CC2)[nH]c1=O. The van der Waals surface area contributed by atoms with Crippen LogP contribution in [0.4, 0.5) is 4.39 Å². The van der Waals surface area contributed by atoms with Gasteiger partial charge in [-0.1, -0.05) is 0 Å². The third-order valence-corrected chi connectivity index (χ3v) is 3.43. The molecule has 0 spiro atoms. The summed E-state index contributed by atoms with van der Waals surface area (Å²) in [6.45, 7) is 1.65. The molecule has 2 aromatic rings. The molecule has 1 aromatic heterocycles. The van der Waals surface area contributed by atoms with E-state index in [-0.39, 0.29) is 11.1 Å². The Morgan fingerprint density at radius 2 is 2.15 bits per heavy atom. The lowest BCUT2D eigenvalue weighted by molar-refractivity contribution is 0.627. The second-order valence-electron chi connectivity index (χ2n) is 5.04. The van der Waals surface area contributed by atoms with E-state index in [1.807, 2.05) is 6.07 Å². The van der Waals surface area contributed by atoms with E-state index in [1.165, 1.54) is 6.07 Å². The standard InChI is InChI=1S/C15H12FN3O/c1-8-13(11-4-9(7-17)5-12(16)6-11)18-14(10-2-3-10)19-15(8)20/h4-6,10H,2-3H2,1H3,(H,18,19,20). The van der Waals surface area contributed by atoms with Crippen LogP contribution < -0.4 is 5.56 Å². The molecule has 1 aliphatic rings. The maximum Gasteiger partial charge on any atom is 0.254 e. The highest BCUT2D eigenvalue weighted by molar-refractivity contribution is 5.64. The normalized spacial score (nSPS) is 14.1. The molecule has 1 saturated carbocycles. The van der Waals surface area contributed by atoms with Crippen LogP contribution in [-0.2, 0) is 0 Å². The van der Waals surface area contributed by atoms with Gasteiger partial charge in [0.05, 0.1) is 17.3 Å². The lowest BCUT2D eigenvalue weighted by atomic mass is 10.0. The highest BCUT2D eigenvalue weighted by Crippen LogP contribution is 2.38. The smallest absolute Gasteiger partial charge is 0.254 e. The van der Waals surface area contributed by atoms with E-state index >= 15 is 0 Å². The molecule has 0 amide bonds. The van der Waals surface area contributed by atoms with E-state index in [0.29, 0.717) is 28.6 Å². The second kappa shape index (κ2) is 4.57. The number of nitriles is 1.